The van der Waals surface area contributed by atoms with E-state index >= 15 is 0 Å². The van der Waals surface area contributed by atoms with Gasteiger partial charge in [-0.1, -0.05) is 30.4 Å². The zero-order chi connectivity index (χ0) is 15.8. The van der Waals surface area contributed by atoms with Crippen LogP contribution in [-0.2, 0) is 6.42 Å². The zero-order valence-electron chi connectivity index (χ0n) is 12.3. The second kappa shape index (κ2) is 5.25. The zero-order valence-corrected chi connectivity index (χ0v) is 12.3. The van der Waals surface area contributed by atoms with Crippen molar-refractivity contribution in [3.8, 4) is 0 Å². The van der Waals surface area contributed by atoms with Crippen molar-refractivity contribution in [2.75, 3.05) is 5.32 Å². The van der Waals surface area contributed by atoms with Gasteiger partial charge in [-0.15, -0.1) is 0 Å². The first-order valence-electron chi connectivity index (χ1n) is 7.43. The van der Waals surface area contributed by atoms with Crippen molar-refractivity contribution in [1.82, 2.24) is 4.98 Å². The molecule has 0 atom stereocenters. The minimum Gasteiger partial charge on any atom is -0.360 e. The fraction of sp³-hybridized carbons (Fsp3) is 0.0526. The molecule has 0 bridgehead atoms. The van der Waals surface area contributed by atoms with E-state index in [1.165, 1.54) is 17.3 Å². The predicted molar refractivity (Wildman–Crippen MR) is 91.7 cm³/mol. The highest BCUT2D eigenvalue weighted by molar-refractivity contribution is 6.05. The summed E-state index contributed by atoms with van der Waals surface area (Å²) in [6.07, 6.45) is 6.49. The van der Waals surface area contributed by atoms with Crippen LogP contribution in [0, 0.1) is 0 Å². The second-order valence-electron chi connectivity index (χ2n) is 5.55. The molecule has 0 saturated heterocycles. The highest BCUT2D eigenvalue weighted by atomic mass is 16.2. The first-order chi connectivity index (χ1) is 11.2. The Morgan fingerprint density at radius 3 is 2.91 bits per heavy atom. The molecule has 0 unspecified atom stereocenters. The summed E-state index contributed by atoms with van der Waals surface area (Å²) in [5.74, 6) is -0.400. The maximum Gasteiger partial charge on any atom is 0.261 e. The molecule has 4 nitrogen and oxygen atoms in total. The van der Waals surface area contributed by atoms with E-state index in [1.807, 2.05) is 30.3 Å². The fourth-order valence-electron chi connectivity index (χ4n) is 2.87. The Morgan fingerprint density at radius 1 is 1.13 bits per heavy atom. The average Bonchev–Trinajstić information content (AvgIpc) is 3.03. The standard InChI is InChI=1S/C19H14N2O2/c22-18-15-6-1-2-7-17(15)20-11-16(18)19(23)21-14-9-8-12-4-3-5-13(12)10-14/h1-4,6-11H,5H2,(H,20,22)(H,21,23). The molecule has 3 aromatic rings. The summed E-state index contributed by atoms with van der Waals surface area (Å²) in [7, 11) is 0. The lowest BCUT2D eigenvalue weighted by Crippen LogP contribution is -2.22. The molecule has 1 amide bonds. The summed E-state index contributed by atoms with van der Waals surface area (Å²) >= 11 is 0. The van der Waals surface area contributed by atoms with Gasteiger partial charge in [0.05, 0.1) is 0 Å². The first kappa shape index (κ1) is 13.5. The molecule has 2 N–H and O–H groups in total. The summed E-state index contributed by atoms with van der Waals surface area (Å²) in [5.41, 5.74) is 3.62. The van der Waals surface area contributed by atoms with Crippen LogP contribution < -0.4 is 10.7 Å². The quantitative estimate of drug-likeness (QED) is 0.762. The Bertz CT molecular complexity index is 1020. The Balaban J connectivity index is 1.67. The van der Waals surface area contributed by atoms with E-state index in [9.17, 15) is 9.59 Å². The van der Waals surface area contributed by atoms with Crippen LogP contribution in [0.2, 0.25) is 0 Å². The molecule has 1 heterocycles. The number of para-hydroxylation sites is 1. The molecule has 1 aliphatic rings. The van der Waals surface area contributed by atoms with Crippen LogP contribution in [-0.4, -0.2) is 10.9 Å². The maximum absolute atomic E-state index is 12.5. The van der Waals surface area contributed by atoms with Gasteiger partial charge >= 0.3 is 0 Å². The van der Waals surface area contributed by atoms with Gasteiger partial charge in [0, 0.05) is 22.8 Å². The van der Waals surface area contributed by atoms with Crippen molar-refractivity contribution in [3.63, 3.8) is 0 Å². The Morgan fingerprint density at radius 2 is 2.00 bits per heavy atom. The molecule has 0 spiro atoms. The SMILES string of the molecule is O=C(Nc1ccc2c(c1)CC=C2)c1c[nH]c2ccccc2c1=O. The van der Waals surface area contributed by atoms with E-state index in [0.29, 0.717) is 11.1 Å². The number of allylic oxidation sites excluding steroid dienone is 1. The largest absolute Gasteiger partial charge is 0.360 e. The number of benzene rings is 2. The van der Waals surface area contributed by atoms with E-state index in [2.05, 4.69) is 22.5 Å². The van der Waals surface area contributed by atoms with Crippen molar-refractivity contribution >= 4 is 28.6 Å². The number of amides is 1. The van der Waals surface area contributed by atoms with Gasteiger partial charge in [-0.05, 0) is 41.8 Å². The molecule has 0 aliphatic heterocycles. The van der Waals surface area contributed by atoms with Gasteiger partial charge in [-0.2, -0.15) is 0 Å². The molecule has 0 saturated carbocycles. The van der Waals surface area contributed by atoms with Crippen LogP contribution in [0.25, 0.3) is 17.0 Å². The summed E-state index contributed by atoms with van der Waals surface area (Å²) in [5, 5.41) is 3.32. The number of hydrogen-bond acceptors (Lipinski definition) is 2. The van der Waals surface area contributed by atoms with E-state index in [-0.39, 0.29) is 11.0 Å². The molecule has 0 radical (unpaired) electrons. The highest BCUT2D eigenvalue weighted by Gasteiger charge is 2.14. The van der Waals surface area contributed by atoms with E-state index < -0.39 is 5.91 Å². The van der Waals surface area contributed by atoms with Crippen LogP contribution in [0.4, 0.5) is 5.69 Å². The minimum absolute atomic E-state index is 0.113. The Kier molecular flexibility index (Phi) is 3.08. The number of carbonyl (C=O) groups is 1. The molecular formula is C19H14N2O2. The Labute approximate surface area is 132 Å². The summed E-state index contributed by atoms with van der Waals surface area (Å²) in [4.78, 5) is 27.9. The fourth-order valence-corrected chi connectivity index (χ4v) is 2.87. The molecule has 1 aliphatic carbocycles. The summed E-state index contributed by atoms with van der Waals surface area (Å²) in [6, 6.07) is 12.9. The summed E-state index contributed by atoms with van der Waals surface area (Å²) < 4.78 is 0. The maximum atomic E-state index is 12.5. The monoisotopic (exact) mass is 302 g/mol. The number of rotatable bonds is 2. The van der Waals surface area contributed by atoms with Gasteiger partial charge < -0.3 is 10.3 Å². The molecule has 2 aromatic carbocycles. The number of H-pyrrole nitrogens is 1. The Hall–Kier alpha value is -3.14. The van der Waals surface area contributed by atoms with Gasteiger partial charge in [0.25, 0.3) is 5.91 Å². The third-order valence-electron chi connectivity index (χ3n) is 4.07. The van der Waals surface area contributed by atoms with Crippen LogP contribution >= 0.6 is 0 Å². The lowest BCUT2D eigenvalue weighted by Gasteiger charge is -2.08. The normalized spacial score (nSPS) is 12.3. The molecule has 0 fully saturated rings. The molecule has 23 heavy (non-hydrogen) atoms. The van der Waals surface area contributed by atoms with Gasteiger partial charge in [0.2, 0.25) is 5.43 Å². The number of hydrogen-bond donors (Lipinski definition) is 2. The van der Waals surface area contributed by atoms with Crippen molar-refractivity contribution in [2.24, 2.45) is 0 Å². The number of aromatic nitrogens is 1. The third-order valence-corrected chi connectivity index (χ3v) is 4.07. The number of aromatic amines is 1. The lowest BCUT2D eigenvalue weighted by molar-refractivity contribution is 0.102. The average molecular weight is 302 g/mol. The minimum atomic E-state index is -0.400. The molecule has 1 aromatic heterocycles. The topological polar surface area (TPSA) is 62.0 Å². The molecule has 4 rings (SSSR count). The van der Waals surface area contributed by atoms with Crippen molar-refractivity contribution in [3.05, 3.63) is 81.7 Å². The van der Waals surface area contributed by atoms with Crippen LogP contribution in [0.5, 0.6) is 0 Å². The predicted octanol–water partition coefficient (Wildman–Crippen LogP) is 3.35. The van der Waals surface area contributed by atoms with E-state index in [1.54, 1.807) is 12.1 Å². The number of carbonyl (C=O) groups excluding carboxylic acids is 1. The van der Waals surface area contributed by atoms with Crippen LogP contribution in [0.1, 0.15) is 21.5 Å². The highest BCUT2D eigenvalue weighted by Crippen LogP contribution is 2.23. The van der Waals surface area contributed by atoms with Gasteiger partial charge in [-0.3, -0.25) is 9.59 Å². The molecular weight excluding hydrogens is 288 g/mol. The second-order valence-corrected chi connectivity index (χ2v) is 5.55. The van der Waals surface area contributed by atoms with Gasteiger partial charge in [0.15, 0.2) is 0 Å². The smallest absolute Gasteiger partial charge is 0.261 e. The van der Waals surface area contributed by atoms with Crippen LogP contribution in [0.3, 0.4) is 0 Å². The number of anilines is 1. The first-order valence-corrected chi connectivity index (χ1v) is 7.43. The number of pyridine rings is 1. The molecule has 4 heteroatoms. The van der Waals surface area contributed by atoms with Gasteiger partial charge in [-0.25, -0.2) is 0 Å². The van der Waals surface area contributed by atoms with Crippen LogP contribution in [0.15, 0.2) is 59.5 Å². The molecule has 112 valence electrons. The van der Waals surface area contributed by atoms with Gasteiger partial charge in [0.1, 0.15) is 5.56 Å². The van der Waals surface area contributed by atoms with E-state index in [4.69, 9.17) is 0 Å². The third kappa shape index (κ3) is 2.34. The van der Waals surface area contributed by atoms with Crippen molar-refractivity contribution in [2.45, 2.75) is 6.42 Å². The van der Waals surface area contributed by atoms with Crippen molar-refractivity contribution in [1.29, 1.82) is 0 Å². The summed E-state index contributed by atoms with van der Waals surface area (Å²) in [6.45, 7) is 0. The lowest BCUT2D eigenvalue weighted by atomic mass is 10.1. The van der Waals surface area contributed by atoms with Crippen molar-refractivity contribution < 1.29 is 4.79 Å². The number of fused-ring (bicyclic) bond motifs is 2. The number of nitrogens with one attached hydrogen (secondary N) is 2. The van der Waals surface area contributed by atoms with E-state index in [0.717, 1.165) is 11.9 Å².